The average Bonchev–Trinajstić information content (AvgIpc) is 3.28. The second kappa shape index (κ2) is 7.27. The summed E-state index contributed by atoms with van der Waals surface area (Å²) in [4.78, 5) is 14.3. The molecule has 0 spiro atoms. The summed E-state index contributed by atoms with van der Waals surface area (Å²) in [5, 5.41) is 3.69. The molecular formula is C18H25N3O3S3. The summed E-state index contributed by atoms with van der Waals surface area (Å²) >= 11 is 8.51. The highest BCUT2D eigenvalue weighted by Crippen LogP contribution is 2.48. The zero-order valence-corrected chi connectivity index (χ0v) is 17.6. The summed E-state index contributed by atoms with van der Waals surface area (Å²) in [6.07, 6.45) is 6.75. The van der Waals surface area contributed by atoms with E-state index in [2.05, 4.69) is 41.5 Å². The van der Waals surface area contributed by atoms with Gasteiger partial charge in [-0.05, 0) is 49.8 Å². The van der Waals surface area contributed by atoms with Gasteiger partial charge < -0.3 is 10.2 Å². The van der Waals surface area contributed by atoms with E-state index in [1.54, 1.807) is 4.90 Å². The van der Waals surface area contributed by atoms with Crippen molar-refractivity contribution in [2.75, 3.05) is 18.0 Å². The van der Waals surface area contributed by atoms with Crippen LogP contribution in [0.4, 0.5) is 5.69 Å². The zero-order chi connectivity index (χ0) is 19.2. The molecule has 1 amide bonds. The van der Waals surface area contributed by atoms with Crippen molar-refractivity contribution in [3.05, 3.63) is 29.8 Å². The first-order chi connectivity index (χ1) is 12.8. The third-order valence-electron chi connectivity index (χ3n) is 6.16. The highest BCUT2D eigenvalue weighted by atomic mass is 32.9. The molecule has 0 bridgehead atoms. The molecule has 2 atom stereocenters. The fraction of sp³-hybridized carbons (Fsp3) is 0.611. The highest BCUT2D eigenvalue weighted by Gasteiger charge is 2.45. The fourth-order valence-electron chi connectivity index (χ4n) is 3.95. The van der Waals surface area contributed by atoms with E-state index in [0.29, 0.717) is 19.0 Å². The molecule has 2 N–H and O–H groups in total. The molecule has 2 unspecified atom stereocenters. The van der Waals surface area contributed by atoms with Crippen LogP contribution in [-0.2, 0) is 30.4 Å². The lowest BCUT2D eigenvalue weighted by Crippen LogP contribution is -2.40. The Labute approximate surface area is 170 Å². The average molecular weight is 428 g/mol. The van der Waals surface area contributed by atoms with Gasteiger partial charge in [-0.3, -0.25) is 9.35 Å². The monoisotopic (exact) mass is 427 g/mol. The van der Waals surface area contributed by atoms with Crippen molar-refractivity contribution in [3.63, 3.8) is 0 Å². The molecule has 2 saturated carbocycles. The number of thiol groups is 1. The fourth-order valence-corrected chi connectivity index (χ4v) is 5.00. The Bertz CT molecular complexity index is 820. The molecule has 1 aliphatic heterocycles. The van der Waals surface area contributed by atoms with Crippen LogP contribution < -0.4 is 10.2 Å². The van der Waals surface area contributed by atoms with Crippen LogP contribution in [0.3, 0.4) is 0 Å². The van der Waals surface area contributed by atoms with Crippen LogP contribution in [0.15, 0.2) is 24.3 Å². The Morgan fingerprint density at radius 3 is 2.48 bits per heavy atom. The van der Waals surface area contributed by atoms with Gasteiger partial charge in [0, 0.05) is 41.4 Å². The van der Waals surface area contributed by atoms with Gasteiger partial charge in [0.05, 0.1) is 0 Å². The van der Waals surface area contributed by atoms with Crippen molar-refractivity contribution in [2.24, 2.45) is 0 Å². The Morgan fingerprint density at radius 1 is 1.30 bits per heavy atom. The molecule has 1 aromatic carbocycles. The van der Waals surface area contributed by atoms with Gasteiger partial charge in [0.15, 0.2) is 0 Å². The largest absolute Gasteiger partial charge is 0.313 e. The third kappa shape index (κ3) is 3.90. The van der Waals surface area contributed by atoms with Crippen molar-refractivity contribution >= 4 is 44.6 Å². The van der Waals surface area contributed by atoms with Crippen LogP contribution in [0.5, 0.6) is 0 Å². The molecule has 1 aromatic rings. The summed E-state index contributed by atoms with van der Waals surface area (Å²) in [5.74, 6) is -0.239. The lowest BCUT2D eigenvalue weighted by molar-refractivity contribution is -0.119. The van der Waals surface area contributed by atoms with Gasteiger partial charge >= 0.3 is 0 Å². The molecule has 148 valence electrons. The maximum atomic E-state index is 12.6. The van der Waals surface area contributed by atoms with E-state index < -0.39 is 15.0 Å². The summed E-state index contributed by atoms with van der Waals surface area (Å²) in [6.45, 7) is 1.51. The van der Waals surface area contributed by atoms with Crippen LogP contribution in [0.2, 0.25) is 0 Å². The molecule has 27 heavy (non-hydrogen) atoms. The van der Waals surface area contributed by atoms with Crippen molar-refractivity contribution in [2.45, 2.75) is 56.0 Å². The summed E-state index contributed by atoms with van der Waals surface area (Å²) < 4.78 is 21.9. The molecule has 3 aliphatic rings. The van der Waals surface area contributed by atoms with E-state index in [1.165, 1.54) is 37.7 Å². The van der Waals surface area contributed by atoms with Crippen LogP contribution >= 0.6 is 12.8 Å². The van der Waals surface area contributed by atoms with Gasteiger partial charge in [0.2, 0.25) is 14.9 Å². The minimum Gasteiger partial charge on any atom is -0.313 e. The number of carbonyl (C=O) groups is 1. The van der Waals surface area contributed by atoms with Gasteiger partial charge in [0.1, 0.15) is 6.04 Å². The normalized spacial score (nSPS) is 26.9. The molecule has 1 saturated heterocycles. The van der Waals surface area contributed by atoms with E-state index >= 15 is 0 Å². The molecule has 9 heteroatoms. The molecule has 4 rings (SSSR count). The smallest absolute Gasteiger partial charge is 0.246 e. The van der Waals surface area contributed by atoms with E-state index in [-0.39, 0.29) is 11.3 Å². The van der Waals surface area contributed by atoms with Crippen LogP contribution in [-0.4, -0.2) is 43.6 Å². The molecule has 3 fully saturated rings. The first kappa shape index (κ1) is 19.6. The van der Waals surface area contributed by atoms with Crippen molar-refractivity contribution in [1.29, 1.82) is 0 Å². The maximum absolute atomic E-state index is 12.6. The Morgan fingerprint density at radius 2 is 1.96 bits per heavy atom. The number of benzene rings is 1. The quantitative estimate of drug-likeness (QED) is 0.582. The molecule has 6 nitrogen and oxygen atoms in total. The lowest BCUT2D eigenvalue weighted by atomic mass is 9.90. The maximum Gasteiger partial charge on any atom is 0.246 e. The van der Waals surface area contributed by atoms with Crippen molar-refractivity contribution in [3.8, 4) is 0 Å². The topological polar surface area (TPSA) is 72.9 Å². The second-order valence-corrected chi connectivity index (χ2v) is 11.2. The minimum atomic E-state index is -3.68. The molecule has 0 aromatic heterocycles. The SMILES string of the molecule is O=C1C(N(S)S(=O)(O)=S)CCN1c1ccc(C2(CNC3CCC3)CC2)cc1. The number of hydrogen-bond donors (Lipinski definition) is 3. The highest BCUT2D eigenvalue weighted by molar-refractivity contribution is 8.30. The number of nitrogens with zero attached hydrogens (tertiary/aromatic N) is 2. The lowest BCUT2D eigenvalue weighted by Gasteiger charge is -2.29. The summed E-state index contributed by atoms with van der Waals surface area (Å²) in [7, 11) is -3.68. The summed E-state index contributed by atoms with van der Waals surface area (Å²) in [5.41, 5.74) is 2.38. The Hall–Kier alpha value is -0.710. The van der Waals surface area contributed by atoms with E-state index in [4.69, 9.17) is 0 Å². The minimum absolute atomic E-state index is 0.239. The van der Waals surface area contributed by atoms with Crippen LogP contribution in [0.1, 0.15) is 44.1 Å². The van der Waals surface area contributed by atoms with Gasteiger partial charge in [-0.15, -0.1) is 3.71 Å². The number of hydrogen-bond acceptors (Lipinski definition) is 5. The molecule has 1 heterocycles. The van der Waals surface area contributed by atoms with Gasteiger partial charge in [-0.25, -0.2) is 4.21 Å². The molecule has 2 aliphatic carbocycles. The number of anilines is 1. The predicted molar refractivity (Wildman–Crippen MR) is 113 cm³/mol. The standard InChI is InChI=1S/C18H25N3O3S3/c22-17-16(21(25)27(23,24)26)8-11-20(17)15-6-4-13(5-7-15)18(9-10-18)12-19-14-2-1-3-14/h4-7,14,16,19,25H,1-3,8-12H2,(H,23,24,26). The van der Waals surface area contributed by atoms with E-state index in [9.17, 15) is 13.6 Å². The predicted octanol–water partition coefficient (Wildman–Crippen LogP) is 2.25. The van der Waals surface area contributed by atoms with E-state index in [0.717, 1.165) is 15.9 Å². The van der Waals surface area contributed by atoms with Crippen molar-refractivity contribution in [1.82, 2.24) is 9.03 Å². The van der Waals surface area contributed by atoms with Crippen LogP contribution in [0.25, 0.3) is 0 Å². The van der Waals surface area contributed by atoms with Crippen molar-refractivity contribution < 1.29 is 13.6 Å². The first-order valence-electron chi connectivity index (χ1n) is 9.41. The Balaban J connectivity index is 1.43. The third-order valence-corrected chi connectivity index (χ3v) is 8.64. The van der Waals surface area contributed by atoms with Gasteiger partial charge in [-0.1, -0.05) is 31.4 Å². The zero-order valence-electron chi connectivity index (χ0n) is 15.0. The van der Waals surface area contributed by atoms with Gasteiger partial charge in [0.25, 0.3) is 0 Å². The van der Waals surface area contributed by atoms with E-state index in [1.807, 2.05) is 12.1 Å². The number of rotatable bonds is 7. The first-order valence-corrected chi connectivity index (χ1v) is 12.2. The number of nitrogens with one attached hydrogen (secondary N) is 1. The second-order valence-electron chi connectivity index (χ2n) is 7.88. The van der Waals surface area contributed by atoms with Crippen LogP contribution in [0, 0.1) is 0 Å². The Kier molecular flexibility index (Phi) is 5.28. The molecule has 0 radical (unpaired) electrons. The number of amides is 1. The number of carbonyl (C=O) groups excluding carboxylic acids is 1. The molecular weight excluding hydrogens is 402 g/mol. The summed E-state index contributed by atoms with van der Waals surface area (Å²) in [6, 6.07) is 8.11. The van der Waals surface area contributed by atoms with Gasteiger partial charge in [-0.2, -0.15) is 0 Å².